The number of pyridine rings is 1. The maximum atomic E-state index is 12.4. The van der Waals surface area contributed by atoms with Crippen molar-refractivity contribution in [1.82, 2.24) is 9.88 Å². The SMILES string of the molecule is O=C(COc1ccc(OCc2ccccc2)cc1)OCC(=O)N1CCN(c2ccccn2)CC1. The molecule has 1 aliphatic heterocycles. The topological polar surface area (TPSA) is 81.2 Å². The quantitative estimate of drug-likeness (QED) is 0.453. The molecule has 176 valence electrons. The third-order valence-corrected chi connectivity index (χ3v) is 5.39. The van der Waals surface area contributed by atoms with Gasteiger partial charge in [0.15, 0.2) is 13.2 Å². The number of anilines is 1. The number of nitrogens with zero attached hydrogens (tertiary/aromatic N) is 3. The number of hydrogen-bond acceptors (Lipinski definition) is 7. The van der Waals surface area contributed by atoms with Gasteiger partial charge < -0.3 is 24.0 Å². The summed E-state index contributed by atoms with van der Waals surface area (Å²) in [6, 6.07) is 22.6. The minimum atomic E-state index is -0.593. The van der Waals surface area contributed by atoms with Crippen molar-refractivity contribution in [3.05, 3.63) is 84.6 Å². The first-order chi connectivity index (χ1) is 16.7. The predicted octanol–water partition coefficient (Wildman–Crippen LogP) is 2.93. The second-order valence-electron chi connectivity index (χ2n) is 7.75. The number of carbonyl (C=O) groups is 2. The molecule has 0 radical (unpaired) electrons. The number of amides is 1. The Kier molecular flexibility index (Phi) is 7.95. The number of benzene rings is 2. The maximum absolute atomic E-state index is 12.4. The molecule has 8 heteroatoms. The lowest BCUT2D eigenvalue weighted by atomic mass is 10.2. The molecule has 2 heterocycles. The minimum Gasteiger partial charge on any atom is -0.489 e. The Bertz CT molecular complexity index is 1050. The molecule has 1 fully saturated rings. The lowest BCUT2D eigenvalue weighted by Crippen LogP contribution is -2.50. The van der Waals surface area contributed by atoms with E-state index in [1.807, 2.05) is 48.5 Å². The molecule has 3 aromatic rings. The van der Waals surface area contributed by atoms with Crippen molar-refractivity contribution in [2.45, 2.75) is 6.61 Å². The van der Waals surface area contributed by atoms with Crippen LogP contribution in [0.4, 0.5) is 5.82 Å². The molecule has 1 saturated heterocycles. The van der Waals surface area contributed by atoms with Crippen LogP contribution in [0.5, 0.6) is 11.5 Å². The fourth-order valence-electron chi connectivity index (χ4n) is 3.52. The molecule has 0 aliphatic carbocycles. The van der Waals surface area contributed by atoms with Gasteiger partial charge in [0.2, 0.25) is 0 Å². The monoisotopic (exact) mass is 461 g/mol. The van der Waals surface area contributed by atoms with Crippen molar-refractivity contribution in [2.75, 3.05) is 44.3 Å². The van der Waals surface area contributed by atoms with Crippen LogP contribution in [0.3, 0.4) is 0 Å². The van der Waals surface area contributed by atoms with E-state index in [-0.39, 0.29) is 19.1 Å². The van der Waals surface area contributed by atoms with Crippen LogP contribution in [-0.4, -0.2) is 61.2 Å². The zero-order valence-corrected chi connectivity index (χ0v) is 18.8. The second-order valence-corrected chi connectivity index (χ2v) is 7.75. The molecule has 0 spiro atoms. The fraction of sp³-hybridized carbons (Fsp3) is 0.269. The number of piperazine rings is 1. The van der Waals surface area contributed by atoms with E-state index in [0.717, 1.165) is 11.4 Å². The number of rotatable bonds is 9. The van der Waals surface area contributed by atoms with Crippen LogP contribution in [0.15, 0.2) is 79.0 Å². The first kappa shape index (κ1) is 23.1. The zero-order valence-electron chi connectivity index (χ0n) is 18.8. The highest BCUT2D eigenvalue weighted by Gasteiger charge is 2.22. The van der Waals surface area contributed by atoms with Gasteiger partial charge in [0, 0.05) is 32.4 Å². The summed E-state index contributed by atoms with van der Waals surface area (Å²) in [4.78, 5) is 32.5. The van der Waals surface area contributed by atoms with Crippen LogP contribution >= 0.6 is 0 Å². The van der Waals surface area contributed by atoms with Crippen LogP contribution in [0.25, 0.3) is 0 Å². The third kappa shape index (κ3) is 6.71. The van der Waals surface area contributed by atoms with Gasteiger partial charge in [0.25, 0.3) is 5.91 Å². The van der Waals surface area contributed by atoms with Crippen LogP contribution in [0.1, 0.15) is 5.56 Å². The Morgan fingerprint density at radius 3 is 2.12 bits per heavy atom. The largest absolute Gasteiger partial charge is 0.489 e. The van der Waals surface area contributed by atoms with Crippen molar-refractivity contribution in [1.29, 1.82) is 0 Å². The van der Waals surface area contributed by atoms with Crippen molar-refractivity contribution in [3.8, 4) is 11.5 Å². The molecule has 0 saturated carbocycles. The summed E-state index contributed by atoms with van der Waals surface area (Å²) in [7, 11) is 0. The van der Waals surface area contributed by atoms with Crippen LogP contribution in [-0.2, 0) is 20.9 Å². The van der Waals surface area contributed by atoms with Crippen LogP contribution in [0.2, 0.25) is 0 Å². The molecule has 34 heavy (non-hydrogen) atoms. The summed E-state index contributed by atoms with van der Waals surface area (Å²) < 4.78 is 16.3. The van der Waals surface area contributed by atoms with Gasteiger partial charge in [0.1, 0.15) is 23.9 Å². The van der Waals surface area contributed by atoms with Gasteiger partial charge >= 0.3 is 5.97 Å². The van der Waals surface area contributed by atoms with E-state index in [9.17, 15) is 9.59 Å². The summed E-state index contributed by atoms with van der Waals surface area (Å²) in [6.07, 6.45) is 1.75. The summed E-state index contributed by atoms with van der Waals surface area (Å²) in [6.45, 7) is 2.39. The van der Waals surface area contributed by atoms with Gasteiger partial charge in [-0.2, -0.15) is 0 Å². The molecule has 2 aromatic carbocycles. The molecule has 0 bridgehead atoms. The molecule has 0 unspecified atom stereocenters. The second kappa shape index (κ2) is 11.7. The van der Waals surface area contributed by atoms with Gasteiger partial charge in [-0.15, -0.1) is 0 Å². The number of aromatic nitrogens is 1. The Labute approximate surface area is 198 Å². The molecule has 0 atom stereocenters. The van der Waals surface area contributed by atoms with Gasteiger partial charge in [0.05, 0.1) is 0 Å². The highest BCUT2D eigenvalue weighted by molar-refractivity contribution is 5.81. The van der Waals surface area contributed by atoms with Crippen molar-refractivity contribution >= 4 is 17.7 Å². The molecule has 1 aliphatic rings. The van der Waals surface area contributed by atoms with Crippen molar-refractivity contribution in [3.63, 3.8) is 0 Å². The van der Waals surface area contributed by atoms with E-state index in [1.54, 1.807) is 35.4 Å². The van der Waals surface area contributed by atoms with Gasteiger partial charge in [-0.3, -0.25) is 4.79 Å². The van der Waals surface area contributed by atoms with E-state index in [0.29, 0.717) is 44.3 Å². The smallest absolute Gasteiger partial charge is 0.344 e. The Hall–Kier alpha value is -4.07. The highest BCUT2D eigenvalue weighted by Crippen LogP contribution is 2.19. The minimum absolute atomic E-state index is 0.214. The highest BCUT2D eigenvalue weighted by atomic mass is 16.6. The average molecular weight is 462 g/mol. The Balaban J connectivity index is 1.13. The molecular weight excluding hydrogens is 434 g/mol. The van der Waals surface area contributed by atoms with Crippen molar-refractivity contribution < 1.29 is 23.8 Å². The Morgan fingerprint density at radius 2 is 1.44 bits per heavy atom. The van der Waals surface area contributed by atoms with Crippen molar-refractivity contribution in [2.24, 2.45) is 0 Å². The normalized spacial score (nSPS) is 13.3. The summed E-state index contributed by atoms with van der Waals surface area (Å²) in [5, 5.41) is 0. The Morgan fingerprint density at radius 1 is 0.765 bits per heavy atom. The number of carbonyl (C=O) groups excluding carboxylic acids is 2. The zero-order chi connectivity index (χ0) is 23.6. The molecule has 1 amide bonds. The summed E-state index contributed by atoms with van der Waals surface area (Å²) in [5.74, 6) is 1.31. The van der Waals surface area contributed by atoms with E-state index >= 15 is 0 Å². The van der Waals surface area contributed by atoms with Gasteiger partial charge in [-0.1, -0.05) is 36.4 Å². The molecule has 1 aromatic heterocycles. The van der Waals surface area contributed by atoms with Gasteiger partial charge in [-0.25, -0.2) is 9.78 Å². The number of ether oxygens (including phenoxy) is 3. The lowest BCUT2D eigenvalue weighted by molar-refractivity contribution is -0.153. The molecule has 0 N–H and O–H groups in total. The van der Waals surface area contributed by atoms with Crippen LogP contribution < -0.4 is 14.4 Å². The van der Waals surface area contributed by atoms with E-state index in [4.69, 9.17) is 14.2 Å². The fourth-order valence-corrected chi connectivity index (χ4v) is 3.52. The van der Waals surface area contributed by atoms with Gasteiger partial charge in [-0.05, 0) is 42.0 Å². The van der Waals surface area contributed by atoms with E-state index in [2.05, 4.69) is 9.88 Å². The van der Waals surface area contributed by atoms with Crippen LogP contribution in [0, 0.1) is 0 Å². The molecule has 4 rings (SSSR count). The standard InChI is InChI=1S/C26H27N3O5/c30-25(29-16-14-28(15-17-29)24-8-4-5-13-27-24)19-34-26(31)20-33-23-11-9-22(10-12-23)32-18-21-6-2-1-3-7-21/h1-13H,14-20H2. The average Bonchev–Trinajstić information content (AvgIpc) is 2.91. The summed E-state index contributed by atoms with van der Waals surface area (Å²) >= 11 is 0. The van der Waals surface area contributed by atoms with E-state index in [1.165, 1.54) is 0 Å². The molecular formula is C26H27N3O5. The first-order valence-electron chi connectivity index (χ1n) is 11.2. The lowest BCUT2D eigenvalue weighted by Gasteiger charge is -2.35. The first-order valence-corrected chi connectivity index (χ1v) is 11.2. The number of hydrogen-bond donors (Lipinski definition) is 0. The molecule has 8 nitrogen and oxygen atoms in total. The summed E-state index contributed by atoms with van der Waals surface area (Å²) in [5.41, 5.74) is 1.08. The third-order valence-electron chi connectivity index (χ3n) is 5.39. The maximum Gasteiger partial charge on any atom is 0.344 e. The van der Waals surface area contributed by atoms with E-state index < -0.39 is 5.97 Å². The number of esters is 1. The predicted molar refractivity (Wildman–Crippen MR) is 127 cm³/mol.